The summed E-state index contributed by atoms with van der Waals surface area (Å²) in [7, 11) is -0.694. The summed E-state index contributed by atoms with van der Waals surface area (Å²) < 4.78 is 0. The third-order valence-electron chi connectivity index (χ3n) is 4.70. The smallest absolute Gasteiger partial charge is 0.429 e. The second-order valence-corrected chi connectivity index (χ2v) is 6.51. The van der Waals surface area contributed by atoms with E-state index < -0.39 is 13.0 Å². The minimum Gasteiger partial charge on any atom is -0.429 e. The lowest BCUT2D eigenvalue weighted by molar-refractivity contribution is -0.117. The van der Waals surface area contributed by atoms with Crippen LogP contribution in [0, 0.1) is 0 Å². The molecule has 2 heterocycles. The zero-order valence-electron chi connectivity index (χ0n) is 14.6. The number of anilines is 2. The van der Waals surface area contributed by atoms with Crippen LogP contribution in [0.25, 0.3) is 16.8 Å². The van der Waals surface area contributed by atoms with Gasteiger partial charge in [-0.25, -0.2) is 0 Å². The van der Waals surface area contributed by atoms with Crippen molar-refractivity contribution >= 4 is 41.2 Å². The molecule has 0 fully saturated rings. The summed E-state index contributed by atoms with van der Waals surface area (Å²) in [6.45, 7) is 0.196. The molecule has 3 aromatic rings. The quantitative estimate of drug-likeness (QED) is 0.537. The number of carbonyl (C=O) groups is 1. The molecule has 2 aromatic carbocycles. The number of carbonyl (C=O) groups excluding carboxylic acids is 1. The van der Waals surface area contributed by atoms with E-state index in [0.29, 0.717) is 0 Å². The second kappa shape index (κ2) is 7.22. The first-order valence-electron chi connectivity index (χ1n) is 8.75. The average Bonchev–Trinajstić information content (AvgIpc) is 2.68. The Morgan fingerprint density at radius 1 is 1.22 bits per heavy atom. The molecule has 134 valence electrons. The van der Waals surface area contributed by atoms with E-state index in [0.717, 1.165) is 33.3 Å². The fourth-order valence-electron chi connectivity index (χ4n) is 3.25. The van der Waals surface area contributed by atoms with Gasteiger partial charge in [-0.2, -0.15) is 0 Å². The van der Waals surface area contributed by atoms with Crippen LogP contribution in [0.1, 0.15) is 17.0 Å². The van der Waals surface area contributed by atoms with E-state index in [9.17, 15) is 9.82 Å². The Labute approximate surface area is 157 Å². The number of nitrogens with one attached hydrogen (secondary N) is 2. The number of fused-ring (bicyclic) bond motifs is 2. The van der Waals surface area contributed by atoms with Crippen molar-refractivity contribution < 1.29 is 9.82 Å². The summed E-state index contributed by atoms with van der Waals surface area (Å²) in [5.41, 5.74) is 9.21. The molecule has 1 aliphatic rings. The highest BCUT2D eigenvalue weighted by molar-refractivity contribution is 6.61. The summed E-state index contributed by atoms with van der Waals surface area (Å²) in [5.74, 6) is 1.04. The molecule has 1 aliphatic heterocycles. The van der Waals surface area contributed by atoms with Gasteiger partial charge in [-0.05, 0) is 46.8 Å². The van der Waals surface area contributed by atoms with Crippen LogP contribution in [0.3, 0.4) is 0 Å². The third kappa shape index (κ3) is 3.55. The van der Waals surface area contributed by atoms with Crippen molar-refractivity contribution in [2.45, 2.75) is 5.92 Å². The molecule has 27 heavy (non-hydrogen) atoms. The second-order valence-electron chi connectivity index (χ2n) is 6.51. The van der Waals surface area contributed by atoms with Crippen molar-refractivity contribution in [2.24, 2.45) is 5.73 Å². The molecular formula is C20H19BN4O2. The van der Waals surface area contributed by atoms with Crippen molar-refractivity contribution in [1.82, 2.24) is 4.98 Å². The average molecular weight is 358 g/mol. The molecule has 0 radical (unpaired) electrons. The summed E-state index contributed by atoms with van der Waals surface area (Å²) >= 11 is 0. The highest BCUT2D eigenvalue weighted by atomic mass is 16.2. The van der Waals surface area contributed by atoms with E-state index in [1.54, 1.807) is 18.4 Å². The Kier molecular flexibility index (Phi) is 4.62. The van der Waals surface area contributed by atoms with Gasteiger partial charge in [0.25, 0.3) is 0 Å². The van der Waals surface area contributed by atoms with E-state index in [-0.39, 0.29) is 12.5 Å². The molecule has 1 amide bonds. The standard InChI is InChI=1S/C20H19BN4O2/c22-11-18(14-2-4-19-15(9-14)5-7-21(27)25-19)20(26)24-17-3-1-16-12-23-8-6-13(16)10-17/h1-10,12,18,25,27H,11,22H2,(H,24,26). The first kappa shape index (κ1) is 17.3. The lowest BCUT2D eigenvalue weighted by Crippen LogP contribution is -2.28. The number of benzene rings is 2. The van der Waals surface area contributed by atoms with Gasteiger partial charge in [0.05, 0.1) is 5.92 Å². The van der Waals surface area contributed by atoms with Crippen molar-refractivity contribution in [1.29, 1.82) is 0 Å². The molecular weight excluding hydrogens is 339 g/mol. The van der Waals surface area contributed by atoms with Crippen molar-refractivity contribution in [3.8, 4) is 0 Å². The number of hydrogen-bond donors (Lipinski definition) is 4. The molecule has 0 bridgehead atoms. The topological polar surface area (TPSA) is 100 Å². The Bertz CT molecular complexity index is 1040. The number of rotatable bonds is 4. The molecule has 1 aromatic heterocycles. The fraction of sp³-hybridized carbons (Fsp3) is 0.100. The van der Waals surface area contributed by atoms with Crippen molar-refractivity contribution in [2.75, 3.05) is 17.1 Å². The number of nitrogens with zero attached hydrogens (tertiary/aromatic N) is 1. The van der Waals surface area contributed by atoms with Crippen LogP contribution in [0.4, 0.5) is 11.4 Å². The van der Waals surface area contributed by atoms with Gasteiger partial charge in [-0.1, -0.05) is 24.2 Å². The molecule has 0 spiro atoms. The lowest BCUT2D eigenvalue weighted by atomic mass is 9.78. The highest BCUT2D eigenvalue weighted by Gasteiger charge is 2.22. The number of hydrogen-bond acceptors (Lipinski definition) is 5. The van der Waals surface area contributed by atoms with E-state index in [1.165, 1.54) is 0 Å². The molecule has 0 saturated heterocycles. The number of aromatic nitrogens is 1. The lowest BCUT2D eigenvalue weighted by Gasteiger charge is -2.20. The molecule has 4 rings (SSSR count). The van der Waals surface area contributed by atoms with Gasteiger partial charge in [-0.15, -0.1) is 0 Å². The molecule has 1 unspecified atom stereocenters. The first-order valence-corrected chi connectivity index (χ1v) is 8.75. The predicted molar refractivity (Wildman–Crippen MR) is 109 cm³/mol. The summed E-state index contributed by atoms with van der Waals surface area (Å²) in [4.78, 5) is 16.9. The highest BCUT2D eigenvalue weighted by Crippen LogP contribution is 2.27. The normalized spacial score (nSPS) is 13.8. The van der Waals surface area contributed by atoms with E-state index in [2.05, 4.69) is 15.5 Å². The summed E-state index contributed by atoms with van der Waals surface area (Å²) in [6.07, 6.45) is 5.35. The summed E-state index contributed by atoms with van der Waals surface area (Å²) in [5, 5.41) is 17.6. The maximum absolute atomic E-state index is 12.8. The number of nitrogens with two attached hydrogens (primary N) is 1. The van der Waals surface area contributed by atoms with E-state index in [1.807, 2.05) is 48.5 Å². The van der Waals surface area contributed by atoms with Gasteiger partial charge in [0, 0.05) is 35.7 Å². The third-order valence-corrected chi connectivity index (χ3v) is 4.70. The van der Waals surface area contributed by atoms with Crippen molar-refractivity contribution in [3.05, 3.63) is 72.0 Å². The van der Waals surface area contributed by atoms with Gasteiger partial charge < -0.3 is 21.3 Å². The Morgan fingerprint density at radius 3 is 2.96 bits per heavy atom. The molecule has 6 nitrogen and oxygen atoms in total. The van der Waals surface area contributed by atoms with Crippen LogP contribution in [0.15, 0.2) is 60.8 Å². The van der Waals surface area contributed by atoms with E-state index in [4.69, 9.17) is 5.73 Å². The van der Waals surface area contributed by atoms with Gasteiger partial charge in [-0.3, -0.25) is 9.78 Å². The fourth-order valence-corrected chi connectivity index (χ4v) is 3.25. The zero-order valence-corrected chi connectivity index (χ0v) is 14.6. The van der Waals surface area contributed by atoms with E-state index >= 15 is 0 Å². The molecule has 0 aliphatic carbocycles. The van der Waals surface area contributed by atoms with Crippen LogP contribution in [-0.2, 0) is 4.79 Å². The molecule has 0 saturated carbocycles. The van der Waals surface area contributed by atoms with Crippen LogP contribution < -0.4 is 16.3 Å². The van der Waals surface area contributed by atoms with Crippen LogP contribution in [0.5, 0.6) is 0 Å². The van der Waals surface area contributed by atoms with Crippen LogP contribution >= 0.6 is 0 Å². The van der Waals surface area contributed by atoms with Crippen molar-refractivity contribution in [3.63, 3.8) is 0 Å². The molecule has 5 N–H and O–H groups in total. The minimum absolute atomic E-state index is 0.154. The largest absolute Gasteiger partial charge is 0.438 e. The Hall–Kier alpha value is -3.16. The van der Waals surface area contributed by atoms with Gasteiger partial charge >= 0.3 is 7.05 Å². The van der Waals surface area contributed by atoms with Crippen LogP contribution in [0.2, 0.25) is 0 Å². The number of pyridine rings is 1. The molecule has 7 heteroatoms. The minimum atomic E-state index is -0.694. The first-order chi connectivity index (χ1) is 13.1. The number of amides is 1. The Morgan fingerprint density at radius 2 is 2.11 bits per heavy atom. The van der Waals surface area contributed by atoms with Gasteiger partial charge in [0.1, 0.15) is 0 Å². The maximum atomic E-state index is 12.8. The van der Waals surface area contributed by atoms with Crippen LogP contribution in [-0.4, -0.2) is 29.5 Å². The zero-order chi connectivity index (χ0) is 18.8. The monoisotopic (exact) mass is 358 g/mol. The summed E-state index contributed by atoms with van der Waals surface area (Å²) in [6, 6.07) is 13.3. The molecule has 1 atom stereocenters. The SMILES string of the molecule is NCC(C(=O)Nc1ccc2cnccc2c1)c1ccc2c(c1)C=CB(O)N2. The van der Waals surface area contributed by atoms with Gasteiger partial charge in [0.15, 0.2) is 0 Å². The van der Waals surface area contributed by atoms with Gasteiger partial charge in [0.2, 0.25) is 5.91 Å². The maximum Gasteiger partial charge on any atom is 0.438 e. The predicted octanol–water partition coefficient (Wildman–Crippen LogP) is 2.37. The Balaban J connectivity index is 1.57.